The third kappa shape index (κ3) is 8.52. The molecule has 2 unspecified atom stereocenters. The highest BCUT2D eigenvalue weighted by atomic mass is 35.5. The van der Waals surface area contributed by atoms with Crippen molar-refractivity contribution in [3.05, 3.63) is 71.2 Å². The summed E-state index contributed by atoms with van der Waals surface area (Å²) < 4.78 is 51.2. The van der Waals surface area contributed by atoms with Crippen LogP contribution in [-0.2, 0) is 26.2 Å². The van der Waals surface area contributed by atoms with Crippen molar-refractivity contribution in [3.8, 4) is 23.0 Å². The number of sulfonamides is 1. The average Bonchev–Trinajstić information content (AvgIpc) is 3.05. The maximum atomic E-state index is 14.4. The van der Waals surface area contributed by atoms with E-state index in [1.807, 2.05) is 13.8 Å². The number of nitrogens with one attached hydrogen (secondary N) is 1. The fourth-order valence-electron chi connectivity index (χ4n) is 4.44. The molecule has 0 aliphatic rings. The van der Waals surface area contributed by atoms with Crippen molar-refractivity contribution >= 4 is 39.1 Å². The molecule has 0 heterocycles. The molecule has 0 aromatic heterocycles. The lowest BCUT2D eigenvalue weighted by molar-refractivity contribution is -0.139. The quantitative estimate of drug-likeness (QED) is 0.244. The van der Waals surface area contributed by atoms with Crippen LogP contribution < -0.4 is 28.6 Å². The molecule has 2 amide bonds. The van der Waals surface area contributed by atoms with Gasteiger partial charge in [-0.1, -0.05) is 30.7 Å². The van der Waals surface area contributed by atoms with E-state index in [0.29, 0.717) is 28.5 Å². The molecule has 0 saturated heterocycles. The first-order chi connectivity index (χ1) is 21.4. The van der Waals surface area contributed by atoms with Gasteiger partial charge in [0.2, 0.25) is 11.8 Å². The number of methoxy groups -OCH3 is 4. The van der Waals surface area contributed by atoms with Crippen LogP contribution in [0.1, 0.15) is 32.8 Å². The van der Waals surface area contributed by atoms with Crippen molar-refractivity contribution < 1.29 is 37.0 Å². The Labute approximate surface area is 270 Å². The van der Waals surface area contributed by atoms with Gasteiger partial charge in [0.15, 0.2) is 11.5 Å². The lowest BCUT2D eigenvalue weighted by Gasteiger charge is -2.33. The standard InChI is InChI=1S/C32H40ClN3O8S/c1-8-21(2)34-32(38)22(3)35(19-23-9-11-24(33)12-10-23)31(37)20-36(27-17-25(41-4)13-15-28(27)42-5)45(39,40)26-14-16-29(43-6)30(18-26)44-7/h9-18,21-22H,8,19-20H2,1-7H3,(H,34,38). The molecule has 2 atom stereocenters. The molecule has 0 spiro atoms. The molecular formula is C32H40ClN3O8S. The zero-order chi connectivity index (χ0) is 33.3. The van der Waals surface area contributed by atoms with Crippen LogP contribution in [0.3, 0.4) is 0 Å². The predicted molar refractivity (Wildman–Crippen MR) is 173 cm³/mol. The van der Waals surface area contributed by atoms with E-state index in [2.05, 4.69) is 5.32 Å². The van der Waals surface area contributed by atoms with Crippen LogP contribution in [0.5, 0.6) is 23.0 Å². The Morgan fingerprint density at radius 3 is 2.04 bits per heavy atom. The third-order valence-corrected chi connectivity index (χ3v) is 9.32. The maximum Gasteiger partial charge on any atom is 0.265 e. The summed E-state index contributed by atoms with van der Waals surface area (Å²) in [5.41, 5.74) is 0.757. The summed E-state index contributed by atoms with van der Waals surface area (Å²) in [6.45, 7) is 4.75. The number of benzene rings is 3. The minimum atomic E-state index is -4.45. The van der Waals surface area contributed by atoms with Gasteiger partial charge < -0.3 is 29.2 Å². The molecule has 3 aromatic rings. The normalized spacial score (nSPS) is 12.4. The van der Waals surface area contributed by atoms with E-state index in [0.717, 1.165) is 4.31 Å². The molecular weight excluding hydrogens is 622 g/mol. The second kappa shape index (κ2) is 15.7. The van der Waals surface area contributed by atoms with Crippen LogP contribution in [0.25, 0.3) is 0 Å². The number of nitrogens with zero attached hydrogens (tertiary/aromatic N) is 2. The van der Waals surface area contributed by atoms with Gasteiger partial charge >= 0.3 is 0 Å². The fraction of sp³-hybridized carbons (Fsp3) is 0.375. The number of hydrogen-bond donors (Lipinski definition) is 1. The van der Waals surface area contributed by atoms with E-state index < -0.39 is 28.5 Å². The van der Waals surface area contributed by atoms with Gasteiger partial charge in [-0.05, 0) is 62.2 Å². The van der Waals surface area contributed by atoms with Gasteiger partial charge in [-0.2, -0.15) is 0 Å². The van der Waals surface area contributed by atoms with E-state index in [9.17, 15) is 18.0 Å². The first kappa shape index (κ1) is 35.3. The molecule has 0 saturated carbocycles. The van der Waals surface area contributed by atoms with Gasteiger partial charge in [-0.15, -0.1) is 0 Å². The maximum absolute atomic E-state index is 14.4. The van der Waals surface area contributed by atoms with Crippen LogP contribution in [0.15, 0.2) is 65.6 Å². The van der Waals surface area contributed by atoms with E-state index in [1.165, 1.54) is 57.6 Å². The van der Waals surface area contributed by atoms with Gasteiger partial charge in [0.25, 0.3) is 10.0 Å². The second-order valence-corrected chi connectivity index (χ2v) is 12.5. The van der Waals surface area contributed by atoms with Crippen LogP contribution in [0, 0.1) is 0 Å². The molecule has 244 valence electrons. The van der Waals surface area contributed by atoms with Gasteiger partial charge in [0.05, 0.1) is 39.0 Å². The van der Waals surface area contributed by atoms with Crippen LogP contribution in [0.4, 0.5) is 5.69 Å². The summed E-state index contributed by atoms with van der Waals surface area (Å²) in [7, 11) is 1.21. The highest BCUT2D eigenvalue weighted by Crippen LogP contribution is 2.37. The Hall–Kier alpha value is -4.16. The van der Waals surface area contributed by atoms with Gasteiger partial charge in [-0.3, -0.25) is 13.9 Å². The van der Waals surface area contributed by atoms with Crippen molar-refractivity contribution in [1.82, 2.24) is 10.2 Å². The number of anilines is 1. The average molecular weight is 662 g/mol. The third-order valence-electron chi connectivity index (χ3n) is 7.31. The first-order valence-electron chi connectivity index (χ1n) is 14.2. The summed E-state index contributed by atoms with van der Waals surface area (Å²) >= 11 is 6.08. The minimum absolute atomic E-state index is 0.0184. The van der Waals surface area contributed by atoms with E-state index in [4.69, 9.17) is 30.5 Å². The summed E-state index contributed by atoms with van der Waals surface area (Å²) in [5.74, 6) is 0.0191. The molecule has 3 aromatic carbocycles. The smallest absolute Gasteiger partial charge is 0.265 e. The summed E-state index contributed by atoms with van der Waals surface area (Å²) in [6.07, 6.45) is 0.691. The topological polar surface area (TPSA) is 124 Å². The summed E-state index contributed by atoms with van der Waals surface area (Å²) in [4.78, 5) is 28.7. The van der Waals surface area contributed by atoms with Crippen molar-refractivity contribution in [2.75, 3.05) is 39.3 Å². The molecule has 0 bridgehead atoms. The molecule has 0 aliphatic carbocycles. The lowest BCUT2D eigenvalue weighted by atomic mass is 10.1. The molecule has 13 heteroatoms. The van der Waals surface area contributed by atoms with Crippen LogP contribution in [-0.4, -0.2) is 72.2 Å². The molecule has 0 fully saturated rings. The van der Waals surface area contributed by atoms with Gasteiger partial charge in [-0.25, -0.2) is 8.42 Å². The molecule has 3 rings (SSSR count). The van der Waals surface area contributed by atoms with Crippen LogP contribution in [0.2, 0.25) is 5.02 Å². The number of amides is 2. The number of carbonyl (C=O) groups is 2. The number of hydrogen-bond acceptors (Lipinski definition) is 8. The number of rotatable bonds is 15. The van der Waals surface area contributed by atoms with Crippen molar-refractivity contribution in [2.45, 2.75) is 50.7 Å². The molecule has 1 N–H and O–H groups in total. The van der Waals surface area contributed by atoms with Crippen molar-refractivity contribution in [1.29, 1.82) is 0 Å². The largest absolute Gasteiger partial charge is 0.497 e. The molecule has 0 aliphatic heterocycles. The Bertz CT molecular complexity index is 1580. The highest BCUT2D eigenvalue weighted by Gasteiger charge is 2.35. The number of halogens is 1. The Kier molecular flexibility index (Phi) is 12.3. The van der Waals surface area contributed by atoms with E-state index in [1.54, 1.807) is 43.3 Å². The number of carbonyl (C=O) groups excluding carboxylic acids is 2. The Morgan fingerprint density at radius 1 is 0.844 bits per heavy atom. The summed E-state index contributed by atoms with van der Waals surface area (Å²) in [5, 5.41) is 3.42. The zero-order valence-corrected chi connectivity index (χ0v) is 28.1. The Balaban J connectivity index is 2.16. The monoisotopic (exact) mass is 661 g/mol. The zero-order valence-electron chi connectivity index (χ0n) is 26.5. The molecule has 11 nitrogen and oxygen atoms in total. The first-order valence-corrected chi connectivity index (χ1v) is 16.0. The highest BCUT2D eigenvalue weighted by molar-refractivity contribution is 7.92. The SMILES string of the molecule is CCC(C)NC(=O)C(C)N(Cc1ccc(Cl)cc1)C(=O)CN(c1cc(OC)ccc1OC)S(=O)(=O)c1ccc(OC)c(OC)c1. The predicted octanol–water partition coefficient (Wildman–Crippen LogP) is 4.90. The fourth-order valence-corrected chi connectivity index (χ4v) is 6.00. The minimum Gasteiger partial charge on any atom is -0.497 e. The lowest BCUT2D eigenvalue weighted by Crippen LogP contribution is -2.52. The number of ether oxygens (including phenoxy) is 4. The van der Waals surface area contributed by atoms with Crippen molar-refractivity contribution in [2.24, 2.45) is 0 Å². The van der Waals surface area contributed by atoms with E-state index >= 15 is 0 Å². The molecule has 0 radical (unpaired) electrons. The van der Waals surface area contributed by atoms with Gasteiger partial charge in [0.1, 0.15) is 24.1 Å². The van der Waals surface area contributed by atoms with Gasteiger partial charge in [0, 0.05) is 29.7 Å². The summed E-state index contributed by atoms with van der Waals surface area (Å²) in [6, 6.07) is 14.5. The van der Waals surface area contributed by atoms with Crippen LogP contribution >= 0.6 is 11.6 Å². The second-order valence-electron chi connectivity index (χ2n) is 10.2. The molecule has 45 heavy (non-hydrogen) atoms. The van der Waals surface area contributed by atoms with E-state index in [-0.39, 0.29) is 40.6 Å². The Morgan fingerprint density at radius 2 is 1.47 bits per heavy atom. The van der Waals surface area contributed by atoms with Crippen molar-refractivity contribution in [3.63, 3.8) is 0 Å².